The van der Waals surface area contributed by atoms with Crippen LogP contribution in [0.4, 0.5) is 11.4 Å². The highest BCUT2D eigenvalue weighted by atomic mass is 35.5. The number of rotatable bonds is 5. The van der Waals surface area contributed by atoms with Gasteiger partial charge in [-0.2, -0.15) is 0 Å². The SMILES string of the molecule is Cc1cc(Cl)ccc1NC(=O)CCS(=O)(=O)c1ccc2c(c1)NC(=O)[C@@H](C)CS2. The minimum Gasteiger partial charge on any atom is -0.326 e. The van der Waals surface area contributed by atoms with E-state index >= 15 is 0 Å². The van der Waals surface area contributed by atoms with Gasteiger partial charge in [0.15, 0.2) is 9.84 Å². The van der Waals surface area contributed by atoms with Crippen molar-refractivity contribution in [3.05, 3.63) is 47.0 Å². The van der Waals surface area contributed by atoms with Gasteiger partial charge in [0.25, 0.3) is 0 Å². The molecule has 1 aliphatic heterocycles. The largest absolute Gasteiger partial charge is 0.326 e. The van der Waals surface area contributed by atoms with Gasteiger partial charge >= 0.3 is 0 Å². The van der Waals surface area contributed by atoms with Crippen LogP contribution in [0.25, 0.3) is 0 Å². The van der Waals surface area contributed by atoms with Crippen molar-refractivity contribution in [2.24, 2.45) is 5.92 Å². The lowest BCUT2D eigenvalue weighted by molar-refractivity contribution is -0.118. The van der Waals surface area contributed by atoms with E-state index in [9.17, 15) is 18.0 Å². The van der Waals surface area contributed by atoms with Crippen molar-refractivity contribution < 1.29 is 18.0 Å². The molecule has 0 bridgehead atoms. The molecule has 0 fully saturated rings. The third-order valence-electron chi connectivity index (χ3n) is 4.56. The van der Waals surface area contributed by atoms with Gasteiger partial charge in [-0.25, -0.2) is 8.42 Å². The molecule has 0 aromatic heterocycles. The van der Waals surface area contributed by atoms with Crippen LogP contribution in [-0.4, -0.2) is 31.7 Å². The molecule has 2 N–H and O–H groups in total. The molecular weight excluding hydrogens is 432 g/mol. The summed E-state index contributed by atoms with van der Waals surface area (Å²) in [5, 5.41) is 6.05. The summed E-state index contributed by atoms with van der Waals surface area (Å²) in [6.45, 7) is 3.63. The van der Waals surface area contributed by atoms with Crippen molar-refractivity contribution >= 4 is 56.4 Å². The van der Waals surface area contributed by atoms with Gasteiger partial charge < -0.3 is 10.6 Å². The lowest BCUT2D eigenvalue weighted by atomic mass is 10.2. The van der Waals surface area contributed by atoms with Crippen LogP contribution >= 0.6 is 23.4 Å². The molecule has 1 heterocycles. The highest BCUT2D eigenvalue weighted by Gasteiger charge is 2.23. The predicted molar refractivity (Wildman–Crippen MR) is 116 cm³/mol. The Morgan fingerprint density at radius 1 is 1.28 bits per heavy atom. The average Bonchev–Trinajstić information content (AvgIpc) is 2.80. The molecule has 9 heteroatoms. The number of amides is 2. The van der Waals surface area contributed by atoms with E-state index < -0.39 is 15.7 Å². The van der Waals surface area contributed by atoms with Crippen LogP contribution in [0.3, 0.4) is 0 Å². The molecule has 0 aliphatic carbocycles. The summed E-state index contributed by atoms with van der Waals surface area (Å²) in [6.07, 6.45) is -0.181. The quantitative estimate of drug-likeness (QED) is 0.711. The minimum absolute atomic E-state index is 0.0853. The minimum atomic E-state index is -3.68. The molecular formula is C20H21ClN2O4S2. The number of hydrogen-bond acceptors (Lipinski definition) is 5. The molecule has 3 rings (SSSR count). The summed E-state index contributed by atoms with van der Waals surface area (Å²) in [6, 6.07) is 9.74. The number of hydrogen-bond donors (Lipinski definition) is 2. The second-order valence-electron chi connectivity index (χ2n) is 6.94. The summed E-state index contributed by atoms with van der Waals surface area (Å²) < 4.78 is 25.4. The fourth-order valence-corrected chi connectivity index (χ4v) is 5.30. The second-order valence-corrected chi connectivity index (χ2v) is 10.5. The van der Waals surface area contributed by atoms with Gasteiger partial charge in [0.2, 0.25) is 11.8 Å². The van der Waals surface area contributed by atoms with Crippen LogP contribution in [0.2, 0.25) is 5.02 Å². The molecule has 2 aromatic carbocycles. The summed E-state index contributed by atoms with van der Waals surface area (Å²) in [7, 11) is -3.68. The normalized spacial score (nSPS) is 16.5. The standard InChI is InChI=1S/C20H21ClN2O4S2/c1-12-9-14(21)3-5-16(12)22-19(24)7-8-29(26,27)15-4-6-18-17(10-15)23-20(25)13(2)11-28-18/h3-6,9-10,13H,7-8,11H2,1-2H3,(H,22,24)(H,23,25)/t13-/m0/s1. The van der Waals surface area contributed by atoms with Crippen LogP contribution < -0.4 is 10.6 Å². The molecule has 0 radical (unpaired) electrons. The van der Waals surface area contributed by atoms with Crippen LogP contribution in [0.1, 0.15) is 18.9 Å². The zero-order valence-corrected chi connectivity index (χ0v) is 18.4. The third-order valence-corrected chi connectivity index (χ3v) is 7.85. The average molecular weight is 453 g/mol. The van der Waals surface area contributed by atoms with E-state index in [4.69, 9.17) is 11.6 Å². The number of carbonyl (C=O) groups excluding carboxylic acids is 2. The van der Waals surface area contributed by atoms with E-state index in [1.807, 2.05) is 6.92 Å². The fourth-order valence-electron chi connectivity index (χ4n) is 2.80. The van der Waals surface area contributed by atoms with Crippen LogP contribution in [0, 0.1) is 12.8 Å². The molecule has 1 aliphatic rings. The van der Waals surface area contributed by atoms with E-state index in [-0.39, 0.29) is 28.9 Å². The molecule has 1 atom stereocenters. The molecule has 0 unspecified atom stereocenters. The molecule has 0 saturated heterocycles. The van der Waals surface area contributed by atoms with Crippen LogP contribution in [0.5, 0.6) is 0 Å². The summed E-state index contributed by atoms with van der Waals surface area (Å²) in [4.78, 5) is 25.2. The van der Waals surface area contributed by atoms with Gasteiger partial charge in [-0.3, -0.25) is 9.59 Å². The molecule has 6 nitrogen and oxygen atoms in total. The van der Waals surface area contributed by atoms with Crippen molar-refractivity contribution in [1.82, 2.24) is 0 Å². The number of anilines is 2. The van der Waals surface area contributed by atoms with Crippen molar-refractivity contribution in [2.75, 3.05) is 22.1 Å². The number of halogens is 1. The fraction of sp³-hybridized carbons (Fsp3) is 0.300. The van der Waals surface area contributed by atoms with Crippen molar-refractivity contribution in [3.63, 3.8) is 0 Å². The maximum atomic E-state index is 12.7. The maximum absolute atomic E-state index is 12.7. The van der Waals surface area contributed by atoms with Gasteiger partial charge in [-0.15, -0.1) is 11.8 Å². The van der Waals surface area contributed by atoms with Gasteiger partial charge in [0.1, 0.15) is 0 Å². The Morgan fingerprint density at radius 3 is 2.76 bits per heavy atom. The lowest BCUT2D eigenvalue weighted by Crippen LogP contribution is -2.20. The number of benzene rings is 2. The maximum Gasteiger partial charge on any atom is 0.228 e. The highest BCUT2D eigenvalue weighted by Crippen LogP contribution is 2.34. The van der Waals surface area contributed by atoms with Crippen molar-refractivity contribution in [1.29, 1.82) is 0 Å². The molecule has 2 amide bonds. The Hall–Kier alpha value is -2.03. The van der Waals surface area contributed by atoms with E-state index in [2.05, 4.69) is 10.6 Å². The number of aryl methyl sites for hydroxylation is 1. The Bertz CT molecular complexity index is 1070. The first-order chi connectivity index (χ1) is 13.7. The van der Waals surface area contributed by atoms with Crippen molar-refractivity contribution in [3.8, 4) is 0 Å². The van der Waals surface area contributed by atoms with Crippen molar-refractivity contribution in [2.45, 2.75) is 30.1 Å². The first kappa shape index (κ1) is 21.7. The van der Waals surface area contributed by atoms with Crippen LogP contribution in [-0.2, 0) is 19.4 Å². The van der Waals surface area contributed by atoms with Gasteiger partial charge in [-0.05, 0) is 48.9 Å². The number of sulfone groups is 1. The summed E-state index contributed by atoms with van der Waals surface area (Å²) in [5.41, 5.74) is 1.88. The van der Waals surface area contributed by atoms with E-state index in [0.29, 0.717) is 22.2 Å². The zero-order valence-electron chi connectivity index (χ0n) is 16.0. The number of nitrogens with one attached hydrogen (secondary N) is 2. The molecule has 0 saturated carbocycles. The van der Waals surface area contributed by atoms with Crippen LogP contribution in [0.15, 0.2) is 46.2 Å². The first-order valence-corrected chi connectivity index (χ1v) is 12.0. The molecule has 0 spiro atoms. The Morgan fingerprint density at radius 2 is 2.03 bits per heavy atom. The molecule has 154 valence electrons. The Balaban J connectivity index is 1.69. The first-order valence-electron chi connectivity index (χ1n) is 9.02. The monoisotopic (exact) mass is 452 g/mol. The molecule has 2 aromatic rings. The summed E-state index contributed by atoms with van der Waals surface area (Å²) >= 11 is 7.41. The Labute approximate surface area is 179 Å². The number of thioether (sulfide) groups is 1. The topological polar surface area (TPSA) is 92.3 Å². The zero-order chi connectivity index (χ0) is 21.2. The second kappa shape index (κ2) is 8.77. The van der Waals surface area contributed by atoms with E-state index in [1.165, 1.54) is 23.9 Å². The number of fused-ring (bicyclic) bond motifs is 1. The lowest BCUT2D eigenvalue weighted by Gasteiger charge is -2.11. The van der Waals surface area contributed by atoms with Gasteiger partial charge in [-0.1, -0.05) is 18.5 Å². The number of carbonyl (C=O) groups is 2. The summed E-state index contributed by atoms with van der Waals surface area (Å²) in [5.74, 6) is -0.390. The highest BCUT2D eigenvalue weighted by molar-refractivity contribution is 7.99. The van der Waals surface area contributed by atoms with E-state index in [1.54, 1.807) is 31.2 Å². The van der Waals surface area contributed by atoms with E-state index in [0.717, 1.165) is 10.5 Å². The predicted octanol–water partition coefficient (Wildman–Crippen LogP) is 4.13. The molecule has 29 heavy (non-hydrogen) atoms. The third kappa shape index (κ3) is 5.32. The van der Waals surface area contributed by atoms with Gasteiger partial charge in [0.05, 0.1) is 16.3 Å². The smallest absolute Gasteiger partial charge is 0.228 e. The Kier molecular flexibility index (Phi) is 6.55. The van der Waals surface area contributed by atoms with Gasteiger partial charge in [0, 0.05) is 33.7 Å².